The van der Waals surface area contributed by atoms with E-state index in [2.05, 4.69) is 5.32 Å². The number of hydrogen-bond acceptors (Lipinski definition) is 6. The smallest absolute Gasteiger partial charge is 0.338 e. The number of rotatable bonds is 8. The van der Waals surface area contributed by atoms with Gasteiger partial charge in [0.2, 0.25) is 10.0 Å². The maximum absolute atomic E-state index is 12.5. The first-order valence-corrected chi connectivity index (χ1v) is 10.0. The summed E-state index contributed by atoms with van der Waals surface area (Å²) >= 11 is 0. The average molecular weight is 399 g/mol. The van der Waals surface area contributed by atoms with Crippen LogP contribution < -0.4 is 10.6 Å². The van der Waals surface area contributed by atoms with Crippen molar-refractivity contribution < 1.29 is 27.5 Å². The Hall–Kier alpha value is -2.46. The van der Waals surface area contributed by atoms with E-state index < -0.39 is 34.0 Å². The van der Waals surface area contributed by atoms with E-state index in [1.165, 1.54) is 35.5 Å². The van der Waals surface area contributed by atoms with Crippen LogP contribution in [-0.2, 0) is 19.6 Å². The molecule has 3 amide bonds. The molecule has 0 saturated heterocycles. The molecule has 0 heterocycles. The summed E-state index contributed by atoms with van der Waals surface area (Å²) in [5.74, 6) is -1.66. The number of ether oxygens (including phenoxy) is 1. The second kappa shape index (κ2) is 10.0. The van der Waals surface area contributed by atoms with E-state index >= 15 is 0 Å². The van der Waals surface area contributed by atoms with Gasteiger partial charge in [-0.15, -0.1) is 0 Å². The van der Waals surface area contributed by atoms with E-state index in [1.807, 2.05) is 5.32 Å². The fraction of sp³-hybridized carbons (Fsp3) is 0.471. The molecule has 0 saturated carbocycles. The standard InChI is InChI=1S/C17H25N3O6S/c1-5-18-17(23)19-15(21)12(4)26-16(22)13-9-8-10-14(11-13)27(24,25)20(6-2)7-3/h8-12H,5-7H2,1-4H3,(H2,18,19,21,23)/t12-/m0/s1. The molecule has 27 heavy (non-hydrogen) atoms. The van der Waals surface area contributed by atoms with Crippen molar-refractivity contribution in [3.05, 3.63) is 29.8 Å². The van der Waals surface area contributed by atoms with E-state index in [0.717, 1.165) is 0 Å². The average Bonchev–Trinajstić information content (AvgIpc) is 2.62. The summed E-state index contributed by atoms with van der Waals surface area (Å²) in [6.07, 6.45) is -1.23. The Balaban J connectivity index is 2.91. The molecule has 0 aliphatic heterocycles. The molecular formula is C17H25N3O6S. The maximum Gasteiger partial charge on any atom is 0.338 e. The SMILES string of the molecule is CCNC(=O)NC(=O)[C@H](C)OC(=O)c1cccc(S(=O)(=O)N(CC)CC)c1. The Morgan fingerprint density at radius 1 is 1.15 bits per heavy atom. The van der Waals surface area contributed by atoms with Gasteiger partial charge in [0, 0.05) is 19.6 Å². The van der Waals surface area contributed by atoms with E-state index in [4.69, 9.17) is 4.74 Å². The van der Waals surface area contributed by atoms with Crippen molar-refractivity contribution in [1.29, 1.82) is 0 Å². The van der Waals surface area contributed by atoms with Gasteiger partial charge in [-0.1, -0.05) is 19.9 Å². The van der Waals surface area contributed by atoms with E-state index in [0.29, 0.717) is 19.6 Å². The Kier molecular flexibility index (Phi) is 8.38. The zero-order valence-corrected chi connectivity index (χ0v) is 16.6. The molecule has 0 bridgehead atoms. The summed E-state index contributed by atoms with van der Waals surface area (Å²) in [5.41, 5.74) is -0.0131. The van der Waals surface area contributed by atoms with Crippen LogP contribution in [0.5, 0.6) is 0 Å². The number of carbonyl (C=O) groups excluding carboxylic acids is 3. The van der Waals surface area contributed by atoms with E-state index in [9.17, 15) is 22.8 Å². The van der Waals surface area contributed by atoms with Gasteiger partial charge in [-0.25, -0.2) is 18.0 Å². The number of imide groups is 1. The van der Waals surface area contributed by atoms with Crippen LogP contribution >= 0.6 is 0 Å². The predicted octanol–water partition coefficient (Wildman–Crippen LogP) is 1.11. The van der Waals surface area contributed by atoms with Gasteiger partial charge in [-0.05, 0) is 32.0 Å². The number of esters is 1. The van der Waals surface area contributed by atoms with Crippen molar-refractivity contribution in [2.75, 3.05) is 19.6 Å². The van der Waals surface area contributed by atoms with Crippen molar-refractivity contribution in [2.45, 2.75) is 38.7 Å². The van der Waals surface area contributed by atoms with Crippen molar-refractivity contribution in [3.8, 4) is 0 Å². The summed E-state index contributed by atoms with van der Waals surface area (Å²) in [6, 6.07) is 4.70. The monoisotopic (exact) mass is 399 g/mol. The van der Waals surface area contributed by atoms with Crippen LogP contribution in [0.15, 0.2) is 29.2 Å². The number of benzene rings is 1. The van der Waals surface area contributed by atoms with Crippen molar-refractivity contribution in [2.24, 2.45) is 0 Å². The number of nitrogens with one attached hydrogen (secondary N) is 2. The molecule has 1 rings (SSSR count). The van der Waals surface area contributed by atoms with Gasteiger partial charge < -0.3 is 10.1 Å². The minimum atomic E-state index is -3.73. The molecule has 0 aliphatic rings. The zero-order valence-electron chi connectivity index (χ0n) is 15.8. The molecule has 1 aromatic carbocycles. The number of nitrogens with zero attached hydrogens (tertiary/aromatic N) is 1. The quantitative estimate of drug-likeness (QED) is 0.632. The van der Waals surface area contributed by atoms with Crippen LogP contribution in [0, 0.1) is 0 Å². The van der Waals surface area contributed by atoms with Crippen LogP contribution in [0.3, 0.4) is 0 Å². The molecular weight excluding hydrogens is 374 g/mol. The Labute approximate surface area is 159 Å². The Bertz CT molecular complexity index is 790. The molecule has 1 aromatic rings. The molecule has 0 radical (unpaired) electrons. The summed E-state index contributed by atoms with van der Waals surface area (Å²) in [4.78, 5) is 35.4. The van der Waals surface area contributed by atoms with Crippen LogP contribution in [0.4, 0.5) is 4.79 Å². The number of amides is 3. The van der Waals surface area contributed by atoms with Crippen LogP contribution in [0.1, 0.15) is 38.1 Å². The summed E-state index contributed by atoms with van der Waals surface area (Å²) in [6.45, 7) is 7.36. The van der Waals surface area contributed by atoms with Gasteiger partial charge in [0.15, 0.2) is 6.10 Å². The van der Waals surface area contributed by atoms with Crippen molar-refractivity contribution in [1.82, 2.24) is 14.9 Å². The topological polar surface area (TPSA) is 122 Å². The number of sulfonamides is 1. The number of hydrogen-bond donors (Lipinski definition) is 2. The summed E-state index contributed by atoms with van der Waals surface area (Å²) in [5, 5.41) is 4.41. The first-order valence-electron chi connectivity index (χ1n) is 8.57. The van der Waals surface area contributed by atoms with Crippen LogP contribution in [0.25, 0.3) is 0 Å². The van der Waals surface area contributed by atoms with Crippen LogP contribution in [0.2, 0.25) is 0 Å². The zero-order chi connectivity index (χ0) is 20.6. The highest BCUT2D eigenvalue weighted by atomic mass is 32.2. The molecule has 150 valence electrons. The third-order valence-corrected chi connectivity index (χ3v) is 5.69. The third kappa shape index (κ3) is 6.04. The highest BCUT2D eigenvalue weighted by molar-refractivity contribution is 7.89. The molecule has 0 aromatic heterocycles. The lowest BCUT2D eigenvalue weighted by Gasteiger charge is -2.19. The first-order chi connectivity index (χ1) is 12.7. The largest absolute Gasteiger partial charge is 0.449 e. The molecule has 10 heteroatoms. The Morgan fingerprint density at radius 3 is 2.33 bits per heavy atom. The highest BCUT2D eigenvalue weighted by Crippen LogP contribution is 2.17. The molecule has 0 unspecified atom stereocenters. The maximum atomic E-state index is 12.5. The van der Waals surface area contributed by atoms with Gasteiger partial charge in [0.25, 0.3) is 5.91 Å². The second-order valence-corrected chi connectivity index (χ2v) is 7.45. The summed E-state index contributed by atoms with van der Waals surface area (Å²) < 4.78 is 31.4. The Morgan fingerprint density at radius 2 is 1.78 bits per heavy atom. The molecule has 1 atom stereocenters. The van der Waals surface area contributed by atoms with E-state index in [-0.39, 0.29) is 10.5 Å². The minimum absolute atomic E-state index is 0.0131. The van der Waals surface area contributed by atoms with Crippen LogP contribution in [-0.4, -0.2) is 56.4 Å². The minimum Gasteiger partial charge on any atom is -0.449 e. The van der Waals surface area contributed by atoms with Gasteiger partial charge >= 0.3 is 12.0 Å². The molecule has 2 N–H and O–H groups in total. The lowest BCUT2D eigenvalue weighted by Crippen LogP contribution is -2.44. The molecule has 0 fully saturated rings. The van der Waals surface area contributed by atoms with E-state index in [1.54, 1.807) is 20.8 Å². The number of urea groups is 1. The van der Waals surface area contributed by atoms with Gasteiger partial charge in [-0.3, -0.25) is 10.1 Å². The third-order valence-electron chi connectivity index (χ3n) is 3.64. The molecule has 0 spiro atoms. The van der Waals surface area contributed by atoms with Crippen molar-refractivity contribution in [3.63, 3.8) is 0 Å². The fourth-order valence-corrected chi connectivity index (χ4v) is 3.70. The highest BCUT2D eigenvalue weighted by Gasteiger charge is 2.24. The molecule has 9 nitrogen and oxygen atoms in total. The second-order valence-electron chi connectivity index (χ2n) is 5.51. The lowest BCUT2D eigenvalue weighted by atomic mass is 10.2. The first kappa shape index (κ1) is 22.6. The fourth-order valence-electron chi connectivity index (χ4n) is 2.20. The van der Waals surface area contributed by atoms with Gasteiger partial charge in [0.1, 0.15) is 0 Å². The molecule has 0 aliphatic carbocycles. The van der Waals surface area contributed by atoms with Gasteiger partial charge in [0.05, 0.1) is 10.5 Å². The summed E-state index contributed by atoms with van der Waals surface area (Å²) in [7, 11) is -3.73. The lowest BCUT2D eigenvalue weighted by molar-refractivity contribution is -0.127. The van der Waals surface area contributed by atoms with Gasteiger partial charge in [-0.2, -0.15) is 4.31 Å². The normalized spacial score (nSPS) is 12.3. The van der Waals surface area contributed by atoms with Crippen molar-refractivity contribution >= 4 is 27.9 Å². The number of carbonyl (C=O) groups is 3. The predicted molar refractivity (Wildman–Crippen MR) is 98.6 cm³/mol.